The van der Waals surface area contributed by atoms with Crippen LogP contribution in [0, 0.1) is 5.92 Å². The summed E-state index contributed by atoms with van der Waals surface area (Å²) in [5.41, 5.74) is 3.88. The molecule has 1 aromatic heterocycles. The van der Waals surface area contributed by atoms with Gasteiger partial charge in [-0.1, -0.05) is 32.9 Å². The Bertz CT molecular complexity index is 803. The number of aromatic nitrogens is 1. The standard InChI is InChI=1S/C20H24N2O2/c1-12(2)14-5-7-16(8-6-14)21-19(23)17-11-15-10-13(3)4-9-18(15)22-20(17)24/h5-8,11-13H,4,9-10H2,1-3H3,(H,21,23)(H,22,24)/t13-/m0/s1. The van der Waals surface area contributed by atoms with Crippen molar-refractivity contribution in [2.45, 2.75) is 46.0 Å². The normalized spacial score (nSPS) is 16.8. The lowest BCUT2D eigenvalue weighted by Crippen LogP contribution is -2.27. The number of carbonyl (C=O) groups is 1. The Morgan fingerprint density at radius 1 is 1.25 bits per heavy atom. The summed E-state index contributed by atoms with van der Waals surface area (Å²) in [5.74, 6) is 0.678. The van der Waals surface area contributed by atoms with Crippen molar-refractivity contribution in [1.82, 2.24) is 4.98 Å². The first-order chi connectivity index (χ1) is 11.4. The summed E-state index contributed by atoms with van der Waals surface area (Å²) in [6, 6.07) is 9.52. The quantitative estimate of drug-likeness (QED) is 0.900. The van der Waals surface area contributed by atoms with E-state index in [1.165, 1.54) is 5.56 Å². The second-order valence-corrected chi connectivity index (χ2v) is 7.09. The number of hydrogen-bond acceptors (Lipinski definition) is 2. The number of aryl methyl sites for hydroxylation is 1. The summed E-state index contributed by atoms with van der Waals surface area (Å²) < 4.78 is 0. The van der Waals surface area contributed by atoms with Gasteiger partial charge < -0.3 is 10.3 Å². The number of amides is 1. The van der Waals surface area contributed by atoms with Gasteiger partial charge in [-0.25, -0.2) is 0 Å². The molecule has 1 aliphatic carbocycles. The van der Waals surface area contributed by atoms with Crippen LogP contribution in [0.3, 0.4) is 0 Å². The average molecular weight is 324 g/mol. The molecule has 0 unspecified atom stereocenters. The van der Waals surface area contributed by atoms with Crippen molar-refractivity contribution in [3.63, 3.8) is 0 Å². The minimum absolute atomic E-state index is 0.191. The summed E-state index contributed by atoms with van der Waals surface area (Å²) in [6.45, 7) is 6.45. The van der Waals surface area contributed by atoms with E-state index in [0.717, 1.165) is 30.5 Å². The number of anilines is 1. The zero-order valence-corrected chi connectivity index (χ0v) is 14.5. The fourth-order valence-electron chi connectivity index (χ4n) is 3.20. The van der Waals surface area contributed by atoms with Crippen LogP contribution in [0.15, 0.2) is 35.1 Å². The summed E-state index contributed by atoms with van der Waals surface area (Å²) in [6.07, 6.45) is 2.87. The van der Waals surface area contributed by atoms with Crippen LogP contribution in [0.2, 0.25) is 0 Å². The molecule has 24 heavy (non-hydrogen) atoms. The van der Waals surface area contributed by atoms with Crippen LogP contribution in [0.5, 0.6) is 0 Å². The molecule has 1 aliphatic rings. The second-order valence-electron chi connectivity index (χ2n) is 7.09. The SMILES string of the molecule is CC(C)c1ccc(NC(=O)c2cc3c([nH]c2=O)CC[C@H](C)C3)cc1. The third kappa shape index (κ3) is 3.42. The van der Waals surface area contributed by atoms with E-state index in [9.17, 15) is 9.59 Å². The van der Waals surface area contributed by atoms with Crippen molar-refractivity contribution in [3.8, 4) is 0 Å². The topological polar surface area (TPSA) is 62.0 Å². The van der Waals surface area contributed by atoms with Crippen LogP contribution < -0.4 is 10.9 Å². The third-order valence-corrected chi connectivity index (χ3v) is 4.75. The molecule has 0 radical (unpaired) electrons. The van der Waals surface area contributed by atoms with E-state index < -0.39 is 0 Å². The number of hydrogen-bond donors (Lipinski definition) is 2. The molecule has 0 saturated heterocycles. The molecule has 126 valence electrons. The fourth-order valence-corrected chi connectivity index (χ4v) is 3.20. The molecule has 3 rings (SSSR count). The largest absolute Gasteiger partial charge is 0.325 e. The minimum atomic E-state index is -0.352. The summed E-state index contributed by atoms with van der Waals surface area (Å²) in [4.78, 5) is 27.6. The molecule has 0 saturated carbocycles. The van der Waals surface area contributed by atoms with Gasteiger partial charge in [0.2, 0.25) is 0 Å². The van der Waals surface area contributed by atoms with Gasteiger partial charge in [-0.15, -0.1) is 0 Å². The van der Waals surface area contributed by atoms with Gasteiger partial charge in [0.25, 0.3) is 11.5 Å². The van der Waals surface area contributed by atoms with Gasteiger partial charge in [-0.3, -0.25) is 9.59 Å². The lowest BCUT2D eigenvalue weighted by atomic mass is 9.87. The number of rotatable bonds is 3. The lowest BCUT2D eigenvalue weighted by molar-refractivity contribution is 0.102. The van der Waals surface area contributed by atoms with Crippen molar-refractivity contribution < 1.29 is 4.79 Å². The van der Waals surface area contributed by atoms with Gasteiger partial charge in [0, 0.05) is 11.4 Å². The van der Waals surface area contributed by atoms with Crippen molar-refractivity contribution in [3.05, 3.63) is 63.1 Å². The van der Waals surface area contributed by atoms with Crippen LogP contribution in [0.25, 0.3) is 0 Å². The number of benzene rings is 1. The number of H-pyrrole nitrogens is 1. The Labute approximate surface area is 142 Å². The molecule has 0 aliphatic heterocycles. The maximum absolute atomic E-state index is 12.5. The van der Waals surface area contributed by atoms with E-state index in [-0.39, 0.29) is 17.0 Å². The molecule has 1 atom stereocenters. The lowest BCUT2D eigenvalue weighted by Gasteiger charge is -2.21. The van der Waals surface area contributed by atoms with E-state index >= 15 is 0 Å². The first-order valence-electron chi connectivity index (χ1n) is 8.60. The maximum atomic E-state index is 12.5. The molecule has 1 heterocycles. The molecular weight excluding hydrogens is 300 g/mol. The fraction of sp³-hybridized carbons (Fsp3) is 0.400. The summed E-state index contributed by atoms with van der Waals surface area (Å²) in [7, 11) is 0. The smallest absolute Gasteiger partial charge is 0.261 e. The van der Waals surface area contributed by atoms with Gasteiger partial charge in [0.15, 0.2) is 0 Å². The molecule has 0 bridgehead atoms. The monoisotopic (exact) mass is 324 g/mol. The van der Waals surface area contributed by atoms with Gasteiger partial charge >= 0.3 is 0 Å². The minimum Gasteiger partial charge on any atom is -0.325 e. The molecular formula is C20H24N2O2. The summed E-state index contributed by atoms with van der Waals surface area (Å²) in [5, 5.41) is 2.82. The molecule has 0 spiro atoms. The number of carbonyl (C=O) groups excluding carboxylic acids is 1. The van der Waals surface area contributed by atoms with E-state index in [1.807, 2.05) is 24.3 Å². The Balaban J connectivity index is 1.82. The Morgan fingerprint density at radius 3 is 2.62 bits per heavy atom. The third-order valence-electron chi connectivity index (χ3n) is 4.75. The van der Waals surface area contributed by atoms with Gasteiger partial charge in [-0.2, -0.15) is 0 Å². The van der Waals surface area contributed by atoms with Gasteiger partial charge in [0.05, 0.1) is 0 Å². The van der Waals surface area contributed by atoms with Crippen molar-refractivity contribution in [2.24, 2.45) is 5.92 Å². The van der Waals surface area contributed by atoms with Crippen molar-refractivity contribution >= 4 is 11.6 Å². The number of aromatic amines is 1. The van der Waals surface area contributed by atoms with Crippen LogP contribution in [-0.2, 0) is 12.8 Å². The number of pyridine rings is 1. The first-order valence-corrected chi connectivity index (χ1v) is 8.60. The molecule has 1 amide bonds. The zero-order valence-electron chi connectivity index (χ0n) is 14.5. The molecule has 1 aromatic carbocycles. The second kappa shape index (κ2) is 6.63. The number of nitrogens with one attached hydrogen (secondary N) is 2. The molecule has 4 heteroatoms. The highest BCUT2D eigenvalue weighted by atomic mass is 16.2. The highest BCUT2D eigenvalue weighted by molar-refractivity contribution is 6.04. The van der Waals surface area contributed by atoms with E-state index in [0.29, 0.717) is 17.5 Å². The van der Waals surface area contributed by atoms with Crippen LogP contribution >= 0.6 is 0 Å². The van der Waals surface area contributed by atoms with Crippen LogP contribution in [0.1, 0.15) is 60.3 Å². The average Bonchev–Trinajstić information content (AvgIpc) is 2.55. The van der Waals surface area contributed by atoms with Gasteiger partial charge in [-0.05, 0) is 60.4 Å². The maximum Gasteiger partial charge on any atom is 0.261 e. The molecule has 0 fully saturated rings. The van der Waals surface area contributed by atoms with Crippen molar-refractivity contribution in [2.75, 3.05) is 5.32 Å². The molecule has 2 N–H and O–H groups in total. The summed E-state index contributed by atoms with van der Waals surface area (Å²) >= 11 is 0. The van der Waals surface area contributed by atoms with E-state index in [1.54, 1.807) is 6.07 Å². The highest BCUT2D eigenvalue weighted by Crippen LogP contribution is 2.23. The van der Waals surface area contributed by atoms with E-state index in [4.69, 9.17) is 0 Å². The zero-order chi connectivity index (χ0) is 17.3. The molecule has 4 nitrogen and oxygen atoms in total. The van der Waals surface area contributed by atoms with Crippen LogP contribution in [0.4, 0.5) is 5.69 Å². The Hall–Kier alpha value is -2.36. The van der Waals surface area contributed by atoms with Crippen molar-refractivity contribution in [1.29, 1.82) is 0 Å². The number of fused-ring (bicyclic) bond motifs is 1. The van der Waals surface area contributed by atoms with Gasteiger partial charge in [0.1, 0.15) is 5.56 Å². The Morgan fingerprint density at radius 2 is 1.96 bits per heavy atom. The predicted octanol–water partition coefficient (Wildman–Crippen LogP) is 3.88. The van der Waals surface area contributed by atoms with Crippen LogP contribution in [-0.4, -0.2) is 10.9 Å². The van der Waals surface area contributed by atoms with E-state index in [2.05, 4.69) is 31.1 Å². The highest BCUT2D eigenvalue weighted by Gasteiger charge is 2.20. The predicted molar refractivity (Wildman–Crippen MR) is 96.7 cm³/mol. The molecule has 2 aromatic rings. The first kappa shape index (κ1) is 16.5. The Kier molecular flexibility index (Phi) is 4.56.